The molecule has 106 valence electrons. The molecule has 1 nitrogen and oxygen atoms in total. The summed E-state index contributed by atoms with van der Waals surface area (Å²) < 4.78 is 14.0. The Morgan fingerprint density at radius 2 is 1.57 bits per heavy atom. The first kappa shape index (κ1) is 13.8. The summed E-state index contributed by atoms with van der Waals surface area (Å²) in [6, 6.07) is 16.6. The van der Waals surface area contributed by atoms with Crippen LogP contribution in [0.15, 0.2) is 54.6 Å². The standard InChI is InChI=1S/C19H17FO/c1-12-7-10-18(20)17(11-12)19(21)16-9-8-13(2)14-5-3-4-6-15(14)16/h3-11,19,21H,1-2H3. The molecule has 3 aromatic rings. The minimum atomic E-state index is -0.963. The van der Waals surface area contributed by atoms with E-state index in [0.29, 0.717) is 5.56 Å². The first-order valence-electron chi connectivity index (χ1n) is 7.00. The molecule has 0 saturated heterocycles. The third-order valence-corrected chi connectivity index (χ3v) is 3.92. The second-order valence-electron chi connectivity index (χ2n) is 5.44. The van der Waals surface area contributed by atoms with Crippen molar-refractivity contribution in [2.24, 2.45) is 0 Å². The molecule has 0 bridgehead atoms. The zero-order chi connectivity index (χ0) is 15.0. The van der Waals surface area contributed by atoms with E-state index in [1.54, 1.807) is 12.1 Å². The summed E-state index contributed by atoms with van der Waals surface area (Å²) in [5, 5.41) is 12.7. The fourth-order valence-electron chi connectivity index (χ4n) is 2.75. The summed E-state index contributed by atoms with van der Waals surface area (Å²) in [5.41, 5.74) is 3.14. The van der Waals surface area contributed by atoms with Gasteiger partial charge in [0.1, 0.15) is 11.9 Å². The van der Waals surface area contributed by atoms with Crippen molar-refractivity contribution in [2.45, 2.75) is 20.0 Å². The first-order chi connectivity index (χ1) is 10.1. The molecule has 0 saturated carbocycles. The number of fused-ring (bicyclic) bond motifs is 1. The van der Waals surface area contributed by atoms with E-state index in [1.165, 1.54) is 6.07 Å². The number of aliphatic hydroxyl groups excluding tert-OH is 1. The number of hydrogen-bond acceptors (Lipinski definition) is 1. The van der Waals surface area contributed by atoms with Crippen LogP contribution in [0.5, 0.6) is 0 Å². The molecule has 1 atom stereocenters. The van der Waals surface area contributed by atoms with Gasteiger partial charge < -0.3 is 5.11 Å². The van der Waals surface area contributed by atoms with Gasteiger partial charge in [0.15, 0.2) is 0 Å². The fraction of sp³-hybridized carbons (Fsp3) is 0.158. The SMILES string of the molecule is Cc1ccc(F)c(C(O)c2ccc(C)c3ccccc23)c1. The van der Waals surface area contributed by atoms with E-state index in [0.717, 1.165) is 27.5 Å². The lowest BCUT2D eigenvalue weighted by Crippen LogP contribution is -2.04. The van der Waals surface area contributed by atoms with Crippen LogP contribution in [0.1, 0.15) is 28.4 Å². The van der Waals surface area contributed by atoms with Crippen LogP contribution >= 0.6 is 0 Å². The smallest absolute Gasteiger partial charge is 0.129 e. The summed E-state index contributed by atoms with van der Waals surface area (Å²) in [6.45, 7) is 3.93. The molecule has 0 amide bonds. The number of halogens is 1. The molecule has 3 aromatic carbocycles. The van der Waals surface area contributed by atoms with E-state index in [-0.39, 0.29) is 5.82 Å². The van der Waals surface area contributed by atoms with Crippen LogP contribution in [-0.2, 0) is 0 Å². The molecule has 0 heterocycles. The van der Waals surface area contributed by atoms with Gasteiger partial charge in [-0.3, -0.25) is 0 Å². The lowest BCUT2D eigenvalue weighted by molar-refractivity contribution is 0.216. The van der Waals surface area contributed by atoms with Crippen molar-refractivity contribution >= 4 is 10.8 Å². The Hall–Kier alpha value is -2.19. The van der Waals surface area contributed by atoms with E-state index >= 15 is 0 Å². The second-order valence-corrected chi connectivity index (χ2v) is 5.44. The van der Waals surface area contributed by atoms with Gasteiger partial charge in [0.2, 0.25) is 0 Å². The maximum absolute atomic E-state index is 14.0. The van der Waals surface area contributed by atoms with Gasteiger partial charge in [0.25, 0.3) is 0 Å². The molecule has 0 aliphatic rings. The lowest BCUT2D eigenvalue weighted by atomic mass is 9.93. The van der Waals surface area contributed by atoms with Crippen molar-refractivity contribution in [3.63, 3.8) is 0 Å². The third-order valence-electron chi connectivity index (χ3n) is 3.92. The summed E-state index contributed by atoms with van der Waals surface area (Å²) in [4.78, 5) is 0. The van der Waals surface area contributed by atoms with Crippen molar-refractivity contribution in [2.75, 3.05) is 0 Å². The Morgan fingerprint density at radius 1 is 0.857 bits per heavy atom. The van der Waals surface area contributed by atoms with Crippen LogP contribution in [0.25, 0.3) is 10.8 Å². The number of hydrogen-bond donors (Lipinski definition) is 1. The number of benzene rings is 3. The van der Waals surface area contributed by atoms with Gasteiger partial charge in [0.05, 0.1) is 0 Å². The van der Waals surface area contributed by atoms with Crippen LogP contribution in [0.4, 0.5) is 4.39 Å². The maximum atomic E-state index is 14.0. The van der Waals surface area contributed by atoms with E-state index in [4.69, 9.17) is 0 Å². The predicted molar refractivity (Wildman–Crippen MR) is 83.9 cm³/mol. The summed E-state index contributed by atoms with van der Waals surface area (Å²) >= 11 is 0. The molecule has 1 unspecified atom stereocenters. The monoisotopic (exact) mass is 280 g/mol. The minimum absolute atomic E-state index is 0.323. The quantitative estimate of drug-likeness (QED) is 0.722. The van der Waals surface area contributed by atoms with Crippen molar-refractivity contribution in [1.82, 2.24) is 0 Å². The summed E-state index contributed by atoms with van der Waals surface area (Å²) in [5.74, 6) is -0.377. The normalized spacial score (nSPS) is 12.6. The van der Waals surface area contributed by atoms with Crippen LogP contribution in [0.2, 0.25) is 0 Å². The van der Waals surface area contributed by atoms with E-state index in [9.17, 15) is 9.50 Å². The van der Waals surface area contributed by atoms with Gasteiger partial charge >= 0.3 is 0 Å². The van der Waals surface area contributed by atoms with Gasteiger partial charge in [-0.1, -0.05) is 54.1 Å². The lowest BCUT2D eigenvalue weighted by Gasteiger charge is -2.16. The predicted octanol–water partition coefficient (Wildman–Crippen LogP) is 4.68. The van der Waals surface area contributed by atoms with E-state index < -0.39 is 6.10 Å². The number of aliphatic hydroxyl groups is 1. The Balaban J connectivity index is 2.20. The minimum Gasteiger partial charge on any atom is -0.384 e. The molecule has 0 aliphatic carbocycles. The van der Waals surface area contributed by atoms with Gasteiger partial charge in [0, 0.05) is 5.56 Å². The average molecular weight is 280 g/mol. The Kier molecular flexibility index (Phi) is 3.48. The molecule has 21 heavy (non-hydrogen) atoms. The molecular weight excluding hydrogens is 263 g/mol. The van der Waals surface area contributed by atoms with E-state index in [2.05, 4.69) is 0 Å². The van der Waals surface area contributed by atoms with Crippen molar-refractivity contribution in [1.29, 1.82) is 0 Å². The molecule has 0 spiro atoms. The van der Waals surface area contributed by atoms with Gasteiger partial charge in [-0.25, -0.2) is 4.39 Å². The molecule has 1 N–H and O–H groups in total. The van der Waals surface area contributed by atoms with Gasteiger partial charge in [-0.05, 0) is 41.8 Å². The average Bonchev–Trinajstić information content (AvgIpc) is 2.50. The molecular formula is C19H17FO. The third kappa shape index (κ3) is 2.43. The Bertz CT molecular complexity index is 808. The molecule has 2 heteroatoms. The Morgan fingerprint density at radius 3 is 2.33 bits per heavy atom. The van der Waals surface area contributed by atoms with Crippen molar-refractivity contribution in [3.8, 4) is 0 Å². The van der Waals surface area contributed by atoms with Gasteiger partial charge in [-0.15, -0.1) is 0 Å². The molecule has 3 rings (SSSR count). The summed E-state index contributed by atoms with van der Waals surface area (Å²) in [7, 11) is 0. The first-order valence-corrected chi connectivity index (χ1v) is 7.00. The van der Waals surface area contributed by atoms with Gasteiger partial charge in [-0.2, -0.15) is 0 Å². The van der Waals surface area contributed by atoms with E-state index in [1.807, 2.05) is 50.2 Å². The van der Waals surface area contributed by atoms with Crippen molar-refractivity contribution in [3.05, 3.63) is 82.7 Å². The number of rotatable bonds is 2. The summed E-state index contributed by atoms with van der Waals surface area (Å²) in [6.07, 6.45) is -0.963. The highest BCUT2D eigenvalue weighted by Gasteiger charge is 2.17. The van der Waals surface area contributed by atoms with Crippen LogP contribution < -0.4 is 0 Å². The highest BCUT2D eigenvalue weighted by molar-refractivity contribution is 5.89. The van der Waals surface area contributed by atoms with Crippen LogP contribution in [-0.4, -0.2) is 5.11 Å². The molecule has 0 aromatic heterocycles. The molecule has 0 fully saturated rings. The molecule has 0 aliphatic heterocycles. The van der Waals surface area contributed by atoms with Crippen LogP contribution in [0, 0.1) is 19.7 Å². The second kappa shape index (κ2) is 5.30. The largest absolute Gasteiger partial charge is 0.384 e. The maximum Gasteiger partial charge on any atom is 0.129 e. The zero-order valence-corrected chi connectivity index (χ0v) is 12.1. The molecule has 0 radical (unpaired) electrons. The fourth-order valence-corrected chi connectivity index (χ4v) is 2.75. The highest BCUT2D eigenvalue weighted by Crippen LogP contribution is 2.32. The Labute approximate surface area is 123 Å². The highest BCUT2D eigenvalue weighted by atomic mass is 19.1. The zero-order valence-electron chi connectivity index (χ0n) is 12.1. The van der Waals surface area contributed by atoms with Crippen LogP contribution in [0.3, 0.4) is 0 Å². The topological polar surface area (TPSA) is 20.2 Å². The number of aryl methyl sites for hydroxylation is 2. The van der Waals surface area contributed by atoms with Crippen molar-refractivity contribution < 1.29 is 9.50 Å².